The number of nitrogens with zero attached hydrogens (tertiary/aromatic N) is 1. The lowest BCUT2D eigenvalue weighted by atomic mass is 9.82. The SMILES string of the molecule is C[C@@H](OC(=O)c1ccc(N2CCC[C@H](C(N)=O)C2)cc1)C1CCC1. The minimum Gasteiger partial charge on any atom is -0.459 e. The highest BCUT2D eigenvalue weighted by Gasteiger charge is 2.27. The summed E-state index contributed by atoms with van der Waals surface area (Å²) in [6, 6.07) is 7.46. The quantitative estimate of drug-likeness (QED) is 0.843. The van der Waals surface area contributed by atoms with E-state index in [2.05, 4.69) is 4.90 Å². The van der Waals surface area contributed by atoms with Gasteiger partial charge in [-0.2, -0.15) is 0 Å². The summed E-state index contributed by atoms with van der Waals surface area (Å²) in [4.78, 5) is 25.8. The Morgan fingerprint density at radius 3 is 2.46 bits per heavy atom. The Balaban J connectivity index is 1.60. The second kappa shape index (κ2) is 7.24. The Bertz CT molecular complexity index is 595. The molecule has 1 aromatic rings. The topological polar surface area (TPSA) is 72.6 Å². The van der Waals surface area contributed by atoms with Crippen LogP contribution >= 0.6 is 0 Å². The van der Waals surface area contributed by atoms with E-state index >= 15 is 0 Å². The second-order valence-electron chi connectivity index (χ2n) is 7.04. The van der Waals surface area contributed by atoms with Gasteiger partial charge in [0, 0.05) is 18.8 Å². The molecule has 2 atom stereocenters. The van der Waals surface area contributed by atoms with Crippen molar-refractivity contribution in [2.24, 2.45) is 17.6 Å². The molecule has 1 saturated carbocycles. The average Bonchev–Trinajstić information content (AvgIpc) is 2.53. The number of carbonyl (C=O) groups excluding carboxylic acids is 2. The summed E-state index contributed by atoms with van der Waals surface area (Å²) in [6.45, 7) is 3.54. The molecule has 0 spiro atoms. The van der Waals surface area contributed by atoms with Crippen LogP contribution in [0.2, 0.25) is 0 Å². The van der Waals surface area contributed by atoms with Crippen molar-refractivity contribution in [3.63, 3.8) is 0 Å². The largest absolute Gasteiger partial charge is 0.459 e. The number of carbonyl (C=O) groups is 2. The van der Waals surface area contributed by atoms with Crippen molar-refractivity contribution in [3.05, 3.63) is 29.8 Å². The Labute approximate surface area is 143 Å². The molecule has 0 radical (unpaired) electrons. The molecule has 1 aliphatic carbocycles. The van der Waals surface area contributed by atoms with Gasteiger partial charge < -0.3 is 15.4 Å². The molecule has 1 aliphatic heterocycles. The van der Waals surface area contributed by atoms with Crippen LogP contribution in [0, 0.1) is 11.8 Å². The van der Waals surface area contributed by atoms with Crippen LogP contribution < -0.4 is 10.6 Å². The molecule has 1 aromatic carbocycles. The van der Waals surface area contributed by atoms with Crippen molar-refractivity contribution < 1.29 is 14.3 Å². The first-order chi connectivity index (χ1) is 11.5. The van der Waals surface area contributed by atoms with Crippen LogP contribution in [0.1, 0.15) is 49.4 Å². The molecule has 1 amide bonds. The van der Waals surface area contributed by atoms with E-state index in [4.69, 9.17) is 10.5 Å². The fraction of sp³-hybridized carbons (Fsp3) is 0.579. The Kier molecular flexibility index (Phi) is 5.07. The van der Waals surface area contributed by atoms with Crippen LogP contribution in [0.4, 0.5) is 5.69 Å². The monoisotopic (exact) mass is 330 g/mol. The van der Waals surface area contributed by atoms with E-state index in [-0.39, 0.29) is 23.9 Å². The zero-order valence-corrected chi connectivity index (χ0v) is 14.2. The number of amides is 1. The number of hydrogen-bond acceptors (Lipinski definition) is 4. The van der Waals surface area contributed by atoms with Crippen LogP contribution in [-0.4, -0.2) is 31.1 Å². The van der Waals surface area contributed by atoms with Crippen LogP contribution in [0.5, 0.6) is 0 Å². The maximum Gasteiger partial charge on any atom is 0.338 e. The predicted octanol–water partition coefficient (Wildman–Crippen LogP) is 2.73. The number of benzene rings is 1. The number of esters is 1. The lowest BCUT2D eigenvalue weighted by Crippen LogP contribution is -2.41. The third-order valence-corrected chi connectivity index (χ3v) is 5.40. The summed E-state index contributed by atoms with van der Waals surface area (Å²) in [5.41, 5.74) is 7.03. The van der Waals surface area contributed by atoms with E-state index in [1.54, 1.807) is 12.1 Å². The molecule has 1 heterocycles. The van der Waals surface area contributed by atoms with E-state index < -0.39 is 0 Å². The first kappa shape index (κ1) is 16.8. The van der Waals surface area contributed by atoms with Crippen molar-refractivity contribution in [3.8, 4) is 0 Å². The van der Waals surface area contributed by atoms with Crippen LogP contribution in [0.25, 0.3) is 0 Å². The number of nitrogens with two attached hydrogens (primary N) is 1. The van der Waals surface area contributed by atoms with E-state index in [1.807, 2.05) is 19.1 Å². The fourth-order valence-corrected chi connectivity index (χ4v) is 3.49. The van der Waals surface area contributed by atoms with Gasteiger partial charge in [0.1, 0.15) is 6.10 Å². The van der Waals surface area contributed by atoms with Crippen molar-refractivity contribution in [1.82, 2.24) is 0 Å². The summed E-state index contributed by atoms with van der Waals surface area (Å²) in [5.74, 6) is -0.0569. The molecular formula is C19H26N2O3. The summed E-state index contributed by atoms with van der Waals surface area (Å²) in [5, 5.41) is 0. The number of primary amides is 1. The molecule has 0 unspecified atom stereocenters. The molecule has 2 fully saturated rings. The maximum absolute atomic E-state index is 12.2. The Hall–Kier alpha value is -2.04. The third-order valence-electron chi connectivity index (χ3n) is 5.40. The van der Waals surface area contributed by atoms with E-state index in [0.29, 0.717) is 18.0 Å². The van der Waals surface area contributed by atoms with Gasteiger partial charge in [-0.1, -0.05) is 6.42 Å². The Morgan fingerprint density at radius 2 is 1.88 bits per heavy atom. The number of rotatable bonds is 5. The molecule has 0 aromatic heterocycles. The van der Waals surface area contributed by atoms with Gasteiger partial charge in [-0.15, -0.1) is 0 Å². The summed E-state index contributed by atoms with van der Waals surface area (Å²) in [6.07, 6.45) is 5.35. The van der Waals surface area contributed by atoms with E-state index in [1.165, 1.54) is 6.42 Å². The lowest BCUT2D eigenvalue weighted by Gasteiger charge is -2.33. The van der Waals surface area contributed by atoms with Gasteiger partial charge in [-0.3, -0.25) is 4.79 Å². The molecule has 2 N–H and O–H groups in total. The van der Waals surface area contributed by atoms with Crippen LogP contribution in [-0.2, 0) is 9.53 Å². The molecule has 1 saturated heterocycles. The van der Waals surface area contributed by atoms with Gasteiger partial charge >= 0.3 is 5.97 Å². The number of piperidine rings is 1. The molecule has 2 aliphatic rings. The summed E-state index contributed by atoms with van der Waals surface area (Å²) in [7, 11) is 0. The Morgan fingerprint density at radius 1 is 1.17 bits per heavy atom. The highest BCUT2D eigenvalue weighted by Crippen LogP contribution is 2.31. The van der Waals surface area contributed by atoms with Gasteiger partial charge in [0.25, 0.3) is 0 Å². The summed E-state index contributed by atoms with van der Waals surface area (Å²) >= 11 is 0. The van der Waals surface area contributed by atoms with Gasteiger partial charge in [-0.05, 0) is 62.8 Å². The third kappa shape index (κ3) is 3.71. The smallest absolute Gasteiger partial charge is 0.338 e. The van der Waals surface area contributed by atoms with Crippen molar-refractivity contribution in [1.29, 1.82) is 0 Å². The molecule has 24 heavy (non-hydrogen) atoms. The van der Waals surface area contributed by atoms with Crippen LogP contribution in [0.15, 0.2) is 24.3 Å². The minimum absolute atomic E-state index is 0.00986. The molecule has 0 bridgehead atoms. The molecule has 5 nitrogen and oxygen atoms in total. The van der Waals surface area contributed by atoms with Gasteiger partial charge in [0.2, 0.25) is 5.91 Å². The molecular weight excluding hydrogens is 304 g/mol. The van der Waals surface area contributed by atoms with Crippen molar-refractivity contribution >= 4 is 17.6 Å². The zero-order chi connectivity index (χ0) is 17.1. The summed E-state index contributed by atoms with van der Waals surface area (Å²) < 4.78 is 5.56. The van der Waals surface area contributed by atoms with E-state index in [0.717, 1.165) is 37.9 Å². The van der Waals surface area contributed by atoms with Crippen LogP contribution in [0.3, 0.4) is 0 Å². The molecule has 5 heteroatoms. The minimum atomic E-state index is -0.255. The fourth-order valence-electron chi connectivity index (χ4n) is 3.49. The number of hydrogen-bond donors (Lipinski definition) is 1. The van der Waals surface area contributed by atoms with Crippen molar-refractivity contribution in [2.75, 3.05) is 18.0 Å². The zero-order valence-electron chi connectivity index (χ0n) is 14.2. The normalized spacial score (nSPS) is 22.5. The van der Waals surface area contributed by atoms with Gasteiger partial charge in [0.05, 0.1) is 11.5 Å². The molecule has 3 rings (SSSR count). The number of ether oxygens (including phenoxy) is 1. The van der Waals surface area contributed by atoms with Crippen molar-refractivity contribution in [2.45, 2.75) is 45.1 Å². The van der Waals surface area contributed by atoms with E-state index in [9.17, 15) is 9.59 Å². The van der Waals surface area contributed by atoms with Gasteiger partial charge in [-0.25, -0.2) is 4.79 Å². The number of anilines is 1. The maximum atomic E-state index is 12.2. The highest BCUT2D eigenvalue weighted by molar-refractivity contribution is 5.90. The second-order valence-corrected chi connectivity index (χ2v) is 7.04. The standard InChI is InChI=1S/C19H26N2O3/c1-13(14-4-2-5-14)24-19(23)15-7-9-17(10-8-15)21-11-3-6-16(12-21)18(20)22/h7-10,13-14,16H,2-6,11-12H2,1H3,(H2,20,22)/t13-,16+/m1/s1. The molecule has 130 valence electrons. The highest BCUT2D eigenvalue weighted by atomic mass is 16.5. The van der Waals surface area contributed by atoms with Gasteiger partial charge in [0.15, 0.2) is 0 Å². The predicted molar refractivity (Wildman–Crippen MR) is 92.8 cm³/mol. The average molecular weight is 330 g/mol. The first-order valence-corrected chi connectivity index (χ1v) is 8.90. The first-order valence-electron chi connectivity index (χ1n) is 8.90. The lowest BCUT2D eigenvalue weighted by molar-refractivity contribution is -0.122.